The molecule has 0 aliphatic carbocycles. The second-order valence-electron chi connectivity index (χ2n) is 2.20. The van der Waals surface area contributed by atoms with Gasteiger partial charge in [0.2, 0.25) is 0 Å². The molecule has 1 rings (SSSR count). The minimum Gasteiger partial charge on any atom is -0.508 e. The van der Waals surface area contributed by atoms with Crippen molar-refractivity contribution in [1.82, 2.24) is 0 Å². The summed E-state index contributed by atoms with van der Waals surface area (Å²) in [5, 5.41) is 10.1. The van der Waals surface area contributed by atoms with E-state index < -0.39 is 8.15 Å². The van der Waals surface area contributed by atoms with Crippen molar-refractivity contribution in [3.05, 3.63) is 24.3 Å². The van der Waals surface area contributed by atoms with E-state index in [9.17, 15) is 0 Å². The van der Waals surface area contributed by atoms with Crippen molar-refractivity contribution in [2.45, 2.75) is 0 Å². The predicted molar refractivity (Wildman–Crippen MR) is 47.6 cm³/mol. The van der Waals surface area contributed by atoms with Crippen LogP contribution in [0, 0.1) is 0 Å². The Bertz CT molecular complexity index is 220. The highest BCUT2D eigenvalue weighted by molar-refractivity contribution is 7.60. The van der Waals surface area contributed by atoms with E-state index in [1.165, 1.54) is 0 Å². The molecular weight excluding hydrogens is 159 g/mol. The molecule has 2 nitrogen and oxygen atoms in total. The zero-order valence-electron chi connectivity index (χ0n) is 6.61. The molecule has 0 saturated carbocycles. The van der Waals surface area contributed by atoms with E-state index in [0.29, 0.717) is 5.75 Å². The van der Waals surface area contributed by atoms with Crippen molar-refractivity contribution in [2.75, 3.05) is 13.8 Å². The molecule has 0 spiro atoms. The summed E-state index contributed by atoms with van der Waals surface area (Å²) in [5.41, 5.74) is 0. The number of phenolic OH excluding ortho intramolecular Hbond substituents is 1. The van der Waals surface area contributed by atoms with Crippen LogP contribution < -0.4 is 5.30 Å². The van der Waals surface area contributed by atoms with Gasteiger partial charge in [-0.15, -0.1) is 0 Å². The Labute approximate surface area is 67.7 Å². The van der Waals surface area contributed by atoms with Crippen LogP contribution >= 0.6 is 8.15 Å². The molecule has 1 aromatic rings. The number of rotatable bonds is 2. The molecule has 60 valence electrons. The molecule has 0 amide bonds. The van der Waals surface area contributed by atoms with Gasteiger partial charge in [0.25, 0.3) is 0 Å². The third kappa shape index (κ3) is 2.18. The molecule has 0 aromatic heterocycles. The molecule has 0 heterocycles. The fourth-order valence-electron chi connectivity index (χ4n) is 0.768. The lowest BCUT2D eigenvalue weighted by Crippen LogP contribution is -1.98. The van der Waals surface area contributed by atoms with Crippen LogP contribution in [-0.4, -0.2) is 18.9 Å². The molecule has 0 aliphatic rings. The lowest BCUT2D eigenvalue weighted by molar-refractivity contribution is 0.470. The van der Waals surface area contributed by atoms with Crippen molar-refractivity contribution in [2.24, 2.45) is 0 Å². The normalized spacial score (nSPS) is 12.9. The minimum atomic E-state index is -0.497. The fourth-order valence-corrected chi connectivity index (χ4v) is 1.55. The summed E-state index contributed by atoms with van der Waals surface area (Å²) in [4.78, 5) is 0. The molecule has 0 saturated heterocycles. The first-order valence-corrected chi connectivity index (χ1v) is 5.01. The summed E-state index contributed by atoms with van der Waals surface area (Å²) < 4.78 is 5.16. The summed E-state index contributed by atoms with van der Waals surface area (Å²) in [5.74, 6) is 0.299. The number of phenols is 1. The Morgan fingerprint density at radius 3 is 2.27 bits per heavy atom. The highest BCUT2D eigenvalue weighted by Crippen LogP contribution is 2.29. The van der Waals surface area contributed by atoms with E-state index in [0.717, 1.165) is 5.30 Å². The Hall–Kier alpha value is -0.590. The van der Waals surface area contributed by atoms with Gasteiger partial charge in [-0.25, -0.2) is 0 Å². The van der Waals surface area contributed by atoms with Crippen LogP contribution in [0.3, 0.4) is 0 Å². The van der Waals surface area contributed by atoms with Crippen molar-refractivity contribution >= 4 is 13.5 Å². The number of hydrogen-bond acceptors (Lipinski definition) is 2. The SMILES string of the molecule is COP(C)c1ccc(O)cc1. The molecule has 0 fully saturated rings. The number of benzene rings is 1. The van der Waals surface area contributed by atoms with Gasteiger partial charge in [0.15, 0.2) is 0 Å². The number of aromatic hydroxyl groups is 1. The molecule has 1 N–H and O–H groups in total. The van der Waals surface area contributed by atoms with Gasteiger partial charge >= 0.3 is 0 Å². The Morgan fingerprint density at radius 1 is 1.27 bits per heavy atom. The monoisotopic (exact) mass is 170 g/mol. The maximum Gasteiger partial charge on any atom is 0.115 e. The van der Waals surface area contributed by atoms with E-state index >= 15 is 0 Å². The lowest BCUT2D eigenvalue weighted by atomic mass is 10.3. The molecule has 0 aliphatic heterocycles. The molecule has 11 heavy (non-hydrogen) atoms. The molecule has 3 heteroatoms. The van der Waals surface area contributed by atoms with E-state index in [2.05, 4.69) is 0 Å². The first-order valence-electron chi connectivity index (χ1n) is 3.31. The van der Waals surface area contributed by atoms with Crippen LogP contribution in [0.1, 0.15) is 0 Å². The van der Waals surface area contributed by atoms with Crippen LogP contribution in [0.25, 0.3) is 0 Å². The summed E-state index contributed by atoms with van der Waals surface area (Å²) in [6.45, 7) is 2.03. The first-order chi connectivity index (χ1) is 5.24. The molecule has 1 atom stereocenters. The Morgan fingerprint density at radius 2 is 1.82 bits per heavy atom. The third-order valence-corrected chi connectivity index (χ3v) is 3.06. The summed E-state index contributed by atoms with van der Waals surface area (Å²) in [7, 11) is 1.20. The van der Waals surface area contributed by atoms with E-state index in [4.69, 9.17) is 9.63 Å². The standard InChI is InChI=1S/C8H11O2P/c1-10-11(2)8-5-3-7(9)4-6-8/h3-6,9H,1-2H3. The lowest BCUT2D eigenvalue weighted by Gasteiger charge is -2.08. The predicted octanol–water partition coefficient (Wildman–Crippen LogP) is 1.69. The van der Waals surface area contributed by atoms with Crippen molar-refractivity contribution in [3.63, 3.8) is 0 Å². The minimum absolute atomic E-state index is 0.299. The van der Waals surface area contributed by atoms with E-state index in [-0.39, 0.29) is 0 Å². The fraction of sp³-hybridized carbons (Fsp3) is 0.250. The second kappa shape index (κ2) is 3.70. The largest absolute Gasteiger partial charge is 0.508 e. The van der Waals surface area contributed by atoms with Crippen LogP contribution in [0.2, 0.25) is 0 Å². The summed E-state index contributed by atoms with van der Waals surface area (Å²) in [6, 6.07) is 7.11. The first kappa shape index (κ1) is 8.51. The van der Waals surface area contributed by atoms with Crippen LogP contribution in [0.15, 0.2) is 24.3 Å². The van der Waals surface area contributed by atoms with E-state index in [1.54, 1.807) is 19.2 Å². The van der Waals surface area contributed by atoms with Gasteiger partial charge in [-0.2, -0.15) is 0 Å². The Kier molecular flexibility index (Phi) is 2.86. The van der Waals surface area contributed by atoms with Crippen LogP contribution in [0.5, 0.6) is 5.75 Å². The van der Waals surface area contributed by atoms with Gasteiger partial charge in [0.05, 0.1) is 8.15 Å². The summed E-state index contributed by atoms with van der Waals surface area (Å²) >= 11 is 0. The van der Waals surface area contributed by atoms with Gasteiger partial charge in [-0.1, -0.05) is 0 Å². The molecule has 0 bridgehead atoms. The number of hydrogen-bond donors (Lipinski definition) is 1. The van der Waals surface area contributed by atoms with Crippen molar-refractivity contribution in [3.8, 4) is 5.75 Å². The third-order valence-electron chi connectivity index (χ3n) is 1.49. The van der Waals surface area contributed by atoms with Crippen LogP contribution in [-0.2, 0) is 4.52 Å². The maximum absolute atomic E-state index is 8.98. The highest BCUT2D eigenvalue weighted by Gasteiger charge is 2.01. The quantitative estimate of drug-likeness (QED) is 0.684. The zero-order chi connectivity index (χ0) is 8.27. The zero-order valence-corrected chi connectivity index (χ0v) is 7.51. The molecule has 1 unspecified atom stereocenters. The van der Waals surface area contributed by atoms with Gasteiger partial charge in [0.1, 0.15) is 5.75 Å². The molecular formula is C8H11O2P. The van der Waals surface area contributed by atoms with Gasteiger partial charge in [0, 0.05) is 12.4 Å². The average Bonchev–Trinajstić information content (AvgIpc) is 2.05. The second-order valence-corrected chi connectivity index (χ2v) is 4.07. The average molecular weight is 170 g/mol. The van der Waals surface area contributed by atoms with Crippen molar-refractivity contribution in [1.29, 1.82) is 0 Å². The van der Waals surface area contributed by atoms with Crippen LogP contribution in [0.4, 0.5) is 0 Å². The van der Waals surface area contributed by atoms with Crippen molar-refractivity contribution < 1.29 is 9.63 Å². The maximum atomic E-state index is 8.98. The Balaban J connectivity index is 2.81. The van der Waals surface area contributed by atoms with Gasteiger partial charge in [-0.05, 0) is 30.9 Å². The van der Waals surface area contributed by atoms with E-state index in [1.807, 2.05) is 18.8 Å². The molecule has 1 aromatic carbocycles. The molecule has 0 radical (unpaired) electrons. The summed E-state index contributed by atoms with van der Waals surface area (Å²) in [6.07, 6.45) is 0. The van der Waals surface area contributed by atoms with Gasteiger partial charge in [-0.3, -0.25) is 0 Å². The topological polar surface area (TPSA) is 29.5 Å². The van der Waals surface area contributed by atoms with Gasteiger partial charge < -0.3 is 9.63 Å². The smallest absolute Gasteiger partial charge is 0.115 e. The highest BCUT2D eigenvalue weighted by atomic mass is 31.1.